The summed E-state index contributed by atoms with van der Waals surface area (Å²) < 4.78 is 8.19. The minimum absolute atomic E-state index is 0.0759. The second kappa shape index (κ2) is 6.53. The molecular formula is C15H27N3O. The Kier molecular flexibility index (Phi) is 4.99. The molecule has 1 aromatic rings. The maximum Gasteiger partial charge on any atom is 0.128 e. The third-order valence-corrected chi connectivity index (χ3v) is 4.33. The molecule has 1 aromatic heterocycles. The molecule has 1 saturated carbocycles. The van der Waals surface area contributed by atoms with E-state index in [0.717, 1.165) is 38.2 Å². The van der Waals surface area contributed by atoms with Crippen molar-refractivity contribution >= 4 is 0 Å². The van der Waals surface area contributed by atoms with Crippen LogP contribution >= 0.6 is 0 Å². The van der Waals surface area contributed by atoms with Crippen LogP contribution in [0.4, 0.5) is 0 Å². The van der Waals surface area contributed by atoms with E-state index in [4.69, 9.17) is 4.74 Å². The van der Waals surface area contributed by atoms with Crippen molar-refractivity contribution in [2.45, 2.75) is 64.1 Å². The van der Waals surface area contributed by atoms with Crippen LogP contribution in [0.15, 0.2) is 12.4 Å². The van der Waals surface area contributed by atoms with Crippen LogP contribution in [0.25, 0.3) is 0 Å². The molecule has 108 valence electrons. The molecule has 1 unspecified atom stereocenters. The first-order valence-electron chi connectivity index (χ1n) is 7.57. The Balaban J connectivity index is 2.29. The summed E-state index contributed by atoms with van der Waals surface area (Å²) in [5.74, 6) is 1.12. The van der Waals surface area contributed by atoms with Gasteiger partial charge < -0.3 is 14.6 Å². The van der Waals surface area contributed by atoms with Crippen LogP contribution in [-0.4, -0.2) is 28.8 Å². The summed E-state index contributed by atoms with van der Waals surface area (Å²) in [6, 6.07) is 0.204. The molecule has 1 aliphatic rings. The topological polar surface area (TPSA) is 39.1 Å². The highest BCUT2D eigenvalue weighted by Gasteiger charge is 2.43. The summed E-state index contributed by atoms with van der Waals surface area (Å²) in [6.45, 7) is 6.33. The van der Waals surface area contributed by atoms with Crippen LogP contribution in [0.2, 0.25) is 0 Å². The number of rotatable bonds is 7. The molecule has 1 N–H and O–H groups in total. The standard InChI is InChI=1S/C15H27N3O/c1-4-10-16-13(14-17-11-12-18(14)5-2)15(19-3)8-6-7-9-15/h11-13,16H,4-10H2,1-3H3. The molecule has 0 aliphatic heterocycles. The Morgan fingerprint density at radius 1 is 1.42 bits per heavy atom. The average molecular weight is 265 g/mol. The van der Waals surface area contributed by atoms with Crippen LogP contribution in [0, 0.1) is 0 Å². The lowest BCUT2D eigenvalue weighted by Crippen LogP contribution is -2.45. The van der Waals surface area contributed by atoms with E-state index in [-0.39, 0.29) is 11.6 Å². The maximum absolute atomic E-state index is 5.97. The zero-order valence-electron chi connectivity index (χ0n) is 12.5. The summed E-state index contributed by atoms with van der Waals surface area (Å²) in [6.07, 6.45) is 9.86. The minimum atomic E-state index is -0.0759. The van der Waals surface area contributed by atoms with Gasteiger partial charge in [-0.3, -0.25) is 0 Å². The highest BCUT2D eigenvalue weighted by molar-refractivity contribution is 5.10. The van der Waals surface area contributed by atoms with Gasteiger partial charge in [0, 0.05) is 26.0 Å². The first-order valence-corrected chi connectivity index (χ1v) is 7.57. The van der Waals surface area contributed by atoms with Gasteiger partial charge >= 0.3 is 0 Å². The van der Waals surface area contributed by atoms with Gasteiger partial charge in [0.15, 0.2) is 0 Å². The molecular weight excluding hydrogens is 238 g/mol. The quantitative estimate of drug-likeness (QED) is 0.824. The summed E-state index contributed by atoms with van der Waals surface area (Å²) in [5, 5.41) is 3.67. The Morgan fingerprint density at radius 2 is 2.16 bits per heavy atom. The highest BCUT2D eigenvalue weighted by atomic mass is 16.5. The van der Waals surface area contributed by atoms with Crippen LogP contribution in [0.5, 0.6) is 0 Å². The number of aryl methyl sites for hydroxylation is 1. The van der Waals surface area contributed by atoms with E-state index < -0.39 is 0 Å². The van der Waals surface area contributed by atoms with E-state index in [2.05, 4.69) is 34.9 Å². The van der Waals surface area contributed by atoms with Crippen molar-refractivity contribution in [1.29, 1.82) is 0 Å². The van der Waals surface area contributed by atoms with Gasteiger partial charge in [-0.15, -0.1) is 0 Å². The number of aromatic nitrogens is 2. The molecule has 4 heteroatoms. The van der Waals surface area contributed by atoms with Gasteiger partial charge in [0.2, 0.25) is 0 Å². The maximum atomic E-state index is 5.97. The molecule has 0 spiro atoms. The van der Waals surface area contributed by atoms with Crippen molar-refractivity contribution < 1.29 is 4.74 Å². The monoisotopic (exact) mass is 265 g/mol. The molecule has 4 nitrogen and oxygen atoms in total. The third-order valence-electron chi connectivity index (χ3n) is 4.33. The van der Waals surface area contributed by atoms with Crippen LogP contribution in [-0.2, 0) is 11.3 Å². The van der Waals surface area contributed by atoms with Crippen molar-refractivity contribution in [3.8, 4) is 0 Å². The van der Waals surface area contributed by atoms with Gasteiger partial charge in [0.05, 0.1) is 11.6 Å². The molecule has 0 aromatic carbocycles. The SMILES string of the molecule is CCCNC(c1nccn1CC)C1(OC)CCCC1. The van der Waals surface area contributed by atoms with Crippen molar-refractivity contribution in [2.24, 2.45) is 0 Å². The predicted octanol–water partition coefficient (Wildman–Crippen LogP) is 2.90. The van der Waals surface area contributed by atoms with E-state index in [0.29, 0.717) is 0 Å². The fraction of sp³-hybridized carbons (Fsp3) is 0.800. The predicted molar refractivity (Wildman–Crippen MR) is 77.1 cm³/mol. The largest absolute Gasteiger partial charge is 0.376 e. The van der Waals surface area contributed by atoms with Crippen molar-refractivity contribution in [3.05, 3.63) is 18.2 Å². The molecule has 0 amide bonds. The lowest BCUT2D eigenvalue weighted by Gasteiger charge is -2.36. The number of nitrogens with one attached hydrogen (secondary N) is 1. The fourth-order valence-electron chi connectivity index (χ4n) is 3.23. The van der Waals surface area contributed by atoms with Gasteiger partial charge in [0.1, 0.15) is 5.82 Å². The van der Waals surface area contributed by atoms with Gasteiger partial charge in [-0.2, -0.15) is 0 Å². The fourth-order valence-corrected chi connectivity index (χ4v) is 3.23. The summed E-state index contributed by atoms with van der Waals surface area (Å²) in [5.41, 5.74) is -0.0759. The zero-order valence-corrected chi connectivity index (χ0v) is 12.5. The van der Waals surface area contributed by atoms with Crippen molar-refractivity contribution in [1.82, 2.24) is 14.9 Å². The molecule has 1 atom stereocenters. The van der Waals surface area contributed by atoms with Crippen LogP contribution < -0.4 is 5.32 Å². The van der Waals surface area contributed by atoms with E-state index >= 15 is 0 Å². The van der Waals surface area contributed by atoms with Gasteiger partial charge in [0.25, 0.3) is 0 Å². The Bertz CT molecular complexity index is 382. The molecule has 0 radical (unpaired) electrons. The Hall–Kier alpha value is -0.870. The molecule has 1 fully saturated rings. The Morgan fingerprint density at radius 3 is 2.74 bits per heavy atom. The minimum Gasteiger partial charge on any atom is -0.376 e. The summed E-state index contributed by atoms with van der Waals surface area (Å²) >= 11 is 0. The van der Waals surface area contributed by atoms with Crippen LogP contribution in [0.1, 0.15) is 57.8 Å². The normalized spacial score (nSPS) is 19.7. The number of imidazole rings is 1. The van der Waals surface area contributed by atoms with Crippen molar-refractivity contribution in [2.75, 3.05) is 13.7 Å². The van der Waals surface area contributed by atoms with Crippen LogP contribution in [0.3, 0.4) is 0 Å². The number of methoxy groups -OCH3 is 1. The molecule has 19 heavy (non-hydrogen) atoms. The molecule has 0 bridgehead atoms. The van der Waals surface area contributed by atoms with E-state index in [9.17, 15) is 0 Å². The number of hydrogen-bond donors (Lipinski definition) is 1. The third kappa shape index (κ3) is 2.84. The smallest absolute Gasteiger partial charge is 0.128 e. The summed E-state index contributed by atoms with van der Waals surface area (Å²) in [4.78, 5) is 4.60. The average Bonchev–Trinajstić information content (AvgIpc) is 3.08. The second-order valence-electron chi connectivity index (χ2n) is 5.43. The van der Waals surface area contributed by atoms with Crippen molar-refractivity contribution in [3.63, 3.8) is 0 Å². The van der Waals surface area contributed by atoms with Gasteiger partial charge in [-0.1, -0.05) is 19.8 Å². The molecule has 0 saturated heterocycles. The number of ether oxygens (including phenoxy) is 1. The first-order chi connectivity index (χ1) is 9.27. The molecule has 1 aliphatic carbocycles. The van der Waals surface area contributed by atoms with E-state index in [1.54, 1.807) is 0 Å². The highest BCUT2D eigenvalue weighted by Crippen LogP contribution is 2.42. The van der Waals surface area contributed by atoms with Gasteiger partial charge in [-0.25, -0.2) is 4.98 Å². The summed E-state index contributed by atoms with van der Waals surface area (Å²) in [7, 11) is 1.85. The number of hydrogen-bond acceptors (Lipinski definition) is 3. The van der Waals surface area contributed by atoms with E-state index in [1.807, 2.05) is 13.3 Å². The Labute approximate surface area is 116 Å². The molecule has 2 rings (SSSR count). The zero-order chi connectivity index (χ0) is 13.7. The van der Waals surface area contributed by atoms with Gasteiger partial charge in [-0.05, 0) is 32.7 Å². The van der Waals surface area contributed by atoms with E-state index in [1.165, 1.54) is 12.8 Å². The lowest BCUT2D eigenvalue weighted by atomic mass is 9.91. The molecule has 1 heterocycles. The first kappa shape index (κ1) is 14.5. The lowest BCUT2D eigenvalue weighted by molar-refractivity contribution is -0.0398. The second-order valence-corrected chi connectivity index (χ2v) is 5.43. The number of nitrogens with zero attached hydrogens (tertiary/aromatic N) is 2.